The molecule has 0 spiro atoms. The van der Waals surface area contributed by atoms with Gasteiger partial charge < -0.3 is 10.6 Å². The molecule has 0 atom stereocenters. The summed E-state index contributed by atoms with van der Waals surface area (Å²) in [6.45, 7) is 11.9. The maximum atomic E-state index is 6.02. The minimum absolute atomic E-state index is 0.471. The fourth-order valence-electron chi connectivity index (χ4n) is 2.79. The maximum absolute atomic E-state index is 6.02. The van der Waals surface area contributed by atoms with E-state index in [9.17, 15) is 0 Å². The van der Waals surface area contributed by atoms with E-state index in [1.54, 1.807) is 0 Å². The van der Waals surface area contributed by atoms with E-state index in [1.807, 2.05) is 0 Å². The Morgan fingerprint density at radius 1 is 0.889 bits per heavy atom. The summed E-state index contributed by atoms with van der Waals surface area (Å²) in [4.78, 5) is 2.76. The van der Waals surface area contributed by atoms with Crippen LogP contribution in [0.3, 0.4) is 0 Å². The number of rotatable bonds is 7. The van der Waals surface area contributed by atoms with Crippen LogP contribution in [0.5, 0.6) is 0 Å². The molecule has 0 saturated heterocycles. The van der Waals surface area contributed by atoms with E-state index in [-0.39, 0.29) is 0 Å². The zero-order valence-corrected chi connectivity index (χ0v) is 13.0. The first kappa shape index (κ1) is 16.0. The van der Waals surface area contributed by atoms with Crippen molar-refractivity contribution in [2.24, 2.45) is 17.6 Å². The van der Waals surface area contributed by atoms with Gasteiger partial charge in [0.25, 0.3) is 0 Å². The highest BCUT2D eigenvalue weighted by Gasteiger charge is 2.24. The van der Waals surface area contributed by atoms with Crippen LogP contribution < -0.4 is 5.73 Å². The fourth-order valence-corrected chi connectivity index (χ4v) is 2.79. The quantitative estimate of drug-likeness (QED) is 0.751. The van der Waals surface area contributed by atoms with Crippen LogP contribution in [0.1, 0.15) is 66.2 Å². The molecule has 0 amide bonds. The largest absolute Gasteiger partial charge is 0.328 e. The average Bonchev–Trinajstić information content (AvgIpc) is 2.30. The molecular formula is C16H34N2. The van der Waals surface area contributed by atoms with Gasteiger partial charge in [-0.2, -0.15) is 0 Å². The van der Waals surface area contributed by atoms with E-state index in [2.05, 4.69) is 32.6 Å². The first-order chi connectivity index (χ1) is 8.49. The lowest BCUT2D eigenvalue weighted by atomic mass is 9.90. The Kier molecular flexibility index (Phi) is 7.25. The van der Waals surface area contributed by atoms with Crippen molar-refractivity contribution in [2.75, 3.05) is 13.1 Å². The third kappa shape index (κ3) is 6.19. The van der Waals surface area contributed by atoms with Crippen molar-refractivity contribution >= 4 is 0 Å². The van der Waals surface area contributed by atoms with Gasteiger partial charge in [-0.25, -0.2) is 0 Å². The van der Waals surface area contributed by atoms with Crippen molar-refractivity contribution in [3.8, 4) is 0 Å². The minimum Gasteiger partial charge on any atom is -0.328 e. The van der Waals surface area contributed by atoms with Gasteiger partial charge in [-0.05, 0) is 63.5 Å². The molecule has 1 saturated carbocycles. The molecule has 0 bridgehead atoms. The molecule has 2 nitrogen and oxygen atoms in total. The Balaban J connectivity index is 2.42. The molecule has 0 aromatic heterocycles. The Bertz CT molecular complexity index is 193. The normalized spacial score (nSPS) is 25.3. The van der Waals surface area contributed by atoms with E-state index in [4.69, 9.17) is 5.73 Å². The smallest absolute Gasteiger partial charge is 0.00964 e. The molecule has 0 aromatic rings. The highest BCUT2D eigenvalue weighted by Crippen LogP contribution is 2.23. The second kappa shape index (κ2) is 8.16. The standard InChI is InChI=1S/C16H34N2/c1-13(2)9-11-18(12-10-14(3)4)16-7-5-15(17)6-8-16/h13-16H,5-12,17H2,1-4H3. The van der Waals surface area contributed by atoms with Crippen LogP contribution >= 0.6 is 0 Å². The van der Waals surface area contributed by atoms with Crippen LogP contribution in [0.4, 0.5) is 0 Å². The lowest BCUT2D eigenvalue weighted by molar-refractivity contribution is 0.136. The predicted molar refractivity (Wildman–Crippen MR) is 80.7 cm³/mol. The van der Waals surface area contributed by atoms with E-state index < -0.39 is 0 Å². The number of hydrogen-bond donors (Lipinski definition) is 1. The zero-order chi connectivity index (χ0) is 13.5. The molecule has 1 aliphatic rings. The molecule has 2 N–H and O–H groups in total. The molecule has 1 rings (SSSR count). The topological polar surface area (TPSA) is 29.3 Å². The highest BCUT2D eigenvalue weighted by molar-refractivity contribution is 4.81. The molecule has 0 aliphatic heterocycles. The van der Waals surface area contributed by atoms with Crippen LogP contribution in [0.2, 0.25) is 0 Å². The highest BCUT2D eigenvalue weighted by atomic mass is 15.2. The third-order valence-electron chi connectivity index (χ3n) is 4.25. The summed E-state index contributed by atoms with van der Waals surface area (Å²) in [5.41, 5.74) is 6.02. The van der Waals surface area contributed by atoms with Crippen molar-refractivity contribution in [3.63, 3.8) is 0 Å². The van der Waals surface area contributed by atoms with E-state index in [1.165, 1.54) is 51.6 Å². The SMILES string of the molecule is CC(C)CCN(CCC(C)C)C1CCC(N)CC1. The molecule has 0 heterocycles. The van der Waals surface area contributed by atoms with Gasteiger partial charge in [0.2, 0.25) is 0 Å². The van der Waals surface area contributed by atoms with Gasteiger partial charge in [-0.15, -0.1) is 0 Å². The predicted octanol–water partition coefficient (Wildman–Crippen LogP) is 3.65. The van der Waals surface area contributed by atoms with Crippen molar-refractivity contribution in [1.82, 2.24) is 4.90 Å². The maximum Gasteiger partial charge on any atom is 0.00964 e. The lowest BCUT2D eigenvalue weighted by Gasteiger charge is -2.37. The summed E-state index contributed by atoms with van der Waals surface area (Å²) in [6, 6.07) is 1.28. The van der Waals surface area contributed by atoms with E-state index in [0.29, 0.717) is 6.04 Å². The number of nitrogens with two attached hydrogens (primary N) is 1. The van der Waals surface area contributed by atoms with Crippen molar-refractivity contribution in [2.45, 2.75) is 78.3 Å². The van der Waals surface area contributed by atoms with Gasteiger partial charge in [0.05, 0.1) is 0 Å². The van der Waals surface area contributed by atoms with Crippen molar-refractivity contribution < 1.29 is 0 Å². The molecule has 18 heavy (non-hydrogen) atoms. The molecule has 0 radical (unpaired) electrons. The van der Waals surface area contributed by atoms with E-state index >= 15 is 0 Å². The van der Waals surface area contributed by atoms with Crippen LogP contribution in [0.15, 0.2) is 0 Å². The molecule has 1 aliphatic carbocycles. The first-order valence-corrected chi connectivity index (χ1v) is 7.98. The monoisotopic (exact) mass is 254 g/mol. The molecule has 1 fully saturated rings. The summed E-state index contributed by atoms with van der Waals surface area (Å²) in [6.07, 6.45) is 7.76. The Labute approximate surface area is 114 Å². The van der Waals surface area contributed by atoms with Crippen molar-refractivity contribution in [3.05, 3.63) is 0 Å². The molecular weight excluding hydrogens is 220 g/mol. The summed E-state index contributed by atoms with van der Waals surface area (Å²) in [5.74, 6) is 1.63. The summed E-state index contributed by atoms with van der Waals surface area (Å²) < 4.78 is 0. The van der Waals surface area contributed by atoms with Gasteiger partial charge in [-0.3, -0.25) is 0 Å². The van der Waals surface area contributed by atoms with Gasteiger partial charge in [0, 0.05) is 12.1 Å². The molecule has 108 valence electrons. The second-order valence-electron chi connectivity index (χ2n) is 6.97. The Morgan fingerprint density at radius 3 is 1.72 bits per heavy atom. The van der Waals surface area contributed by atoms with E-state index in [0.717, 1.165) is 17.9 Å². The Morgan fingerprint density at radius 2 is 1.33 bits per heavy atom. The van der Waals surface area contributed by atoms with Gasteiger partial charge in [-0.1, -0.05) is 27.7 Å². The van der Waals surface area contributed by atoms with Gasteiger partial charge in [0.15, 0.2) is 0 Å². The van der Waals surface area contributed by atoms with Gasteiger partial charge in [0.1, 0.15) is 0 Å². The summed E-state index contributed by atoms with van der Waals surface area (Å²) in [7, 11) is 0. The summed E-state index contributed by atoms with van der Waals surface area (Å²) >= 11 is 0. The summed E-state index contributed by atoms with van der Waals surface area (Å²) in [5, 5.41) is 0. The zero-order valence-electron chi connectivity index (χ0n) is 13.0. The molecule has 0 unspecified atom stereocenters. The van der Waals surface area contributed by atoms with Crippen molar-refractivity contribution in [1.29, 1.82) is 0 Å². The average molecular weight is 254 g/mol. The van der Waals surface area contributed by atoms with Crippen LogP contribution in [-0.2, 0) is 0 Å². The fraction of sp³-hybridized carbons (Fsp3) is 1.00. The second-order valence-corrected chi connectivity index (χ2v) is 6.97. The first-order valence-electron chi connectivity index (χ1n) is 7.98. The number of hydrogen-bond acceptors (Lipinski definition) is 2. The van der Waals surface area contributed by atoms with Crippen LogP contribution in [0, 0.1) is 11.8 Å². The minimum atomic E-state index is 0.471. The number of nitrogens with zero attached hydrogens (tertiary/aromatic N) is 1. The molecule has 2 heteroatoms. The Hall–Kier alpha value is -0.0800. The molecule has 0 aromatic carbocycles. The van der Waals surface area contributed by atoms with Gasteiger partial charge >= 0.3 is 0 Å². The van der Waals surface area contributed by atoms with Crippen LogP contribution in [-0.4, -0.2) is 30.1 Å². The third-order valence-corrected chi connectivity index (χ3v) is 4.25. The van der Waals surface area contributed by atoms with Crippen LogP contribution in [0.25, 0.3) is 0 Å². The lowest BCUT2D eigenvalue weighted by Crippen LogP contribution is -2.42.